The second-order valence-electron chi connectivity index (χ2n) is 9.16. The summed E-state index contributed by atoms with van der Waals surface area (Å²) in [6.07, 6.45) is 0. The minimum atomic E-state index is 0.0616. The Bertz CT molecular complexity index is 1350. The molecule has 4 aromatic rings. The molecule has 0 N–H and O–H groups in total. The van der Waals surface area contributed by atoms with Crippen LogP contribution in [0.25, 0.3) is 22.2 Å². The van der Waals surface area contributed by atoms with Crippen LogP contribution >= 0.6 is 0 Å². The molecule has 0 bridgehead atoms. The Morgan fingerprint density at radius 3 is 2.54 bits per heavy atom. The lowest BCUT2D eigenvalue weighted by Gasteiger charge is -2.41. The number of carbonyl (C=O) groups is 1. The summed E-state index contributed by atoms with van der Waals surface area (Å²) in [7, 11) is 0. The fraction of sp³-hybridized carbons (Fsp3) is 0.267. The van der Waals surface area contributed by atoms with Gasteiger partial charge in [-0.3, -0.25) is 4.79 Å². The molecular weight excluding hydrogens is 434 g/mol. The predicted molar refractivity (Wildman–Crippen MR) is 142 cm³/mol. The Morgan fingerprint density at radius 2 is 1.80 bits per heavy atom. The maximum Gasteiger partial charge on any atom is 0.254 e. The minimum Gasteiger partial charge on any atom is -0.494 e. The number of hydrogen-bond donors (Lipinski definition) is 0. The van der Waals surface area contributed by atoms with Gasteiger partial charge in [-0.25, -0.2) is 4.98 Å². The molecule has 0 saturated carbocycles. The van der Waals surface area contributed by atoms with Crippen molar-refractivity contribution in [3.8, 4) is 17.0 Å². The third-order valence-corrected chi connectivity index (χ3v) is 6.66. The first-order chi connectivity index (χ1) is 17.0. The molecule has 2 heterocycles. The summed E-state index contributed by atoms with van der Waals surface area (Å²) in [5.74, 6) is 0.889. The van der Waals surface area contributed by atoms with Crippen molar-refractivity contribution in [1.29, 1.82) is 0 Å². The number of benzene rings is 3. The molecule has 1 aliphatic rings. The number of piperazine rings is 1. The molecule has 1 fully saturated rings. The molecule has 0 aliphatic carbocycles. The van der Waals surface area contributed by atoms with Gasteiger partial charge in [-0.2, -0.15) is 0 Å². The van der Waals surface area contributed by atoms with Gasteiger partial charge < -0.3 is 14.5 Å². The van der Waals surface area contributed by atoms with E-state index in [1.54, 1.807) is 0 Å². The molecule has 35 heavy (non-hydrogen) atoms. The standard InChI is InChI=1S/C30H31N3O2/c1-4-35-25-14-12-23(13-15-25)29-19-27(26-10-5-6-11-28(26)31-29)30(34)32-16-17-33(22(3)20-32)24-9-7-8-21(2)18-24/h5-15,18-19,22H,4,16-17,20H2,1-3H3. The van der Waals surface area contributed by atoms with Gasteiger partial charge in [-0.15, -0.1) is 0 Å². The summed E-state index contributed by atoms with van der Waals surface area (Å²) in [4.78, 5) is 23.1. The quantitative estimate of drug-likeness (QED) is 0.365. The number of rotatable bonds is 5. The maximum atomic E-state index is 13.8. The van der Waals surface area contributed by atoms with E-state index >= 15 is 0 Å². The molecule has 5 heteroatoms. The first kappa shape index (κ1) is 22.9. The molecule has 0 spiro atoms. The minimum absolute atomic E-state index is 0.0616. The van der Waals surface area contributed by atoms with E-state index in [2.05, 4.69) is 43.0 Å². The number of amides is 1. The Hall–Kier alpha value is -3.86. The van der Waals surface area contributed by atoms with E-state index in [9.17, 15) is 4.79 Å². The fourth-order valence-corrected chi connectivity index (χ4v) is 4.89. The van der Waals surface area contributed by atoms with Gasteiger partial charge in [0.2, 0.25) is 0 Å². The van der Waals surface area contributed by atoms with Crippen LogP contribution in [0, 0.1) is 6.92 Å². The number of para-hydroxylation sites is 1. The third kappa shape index (κ3) is 4.72. The Morgan fingerprint density at radius 1 is 1.00 bits per heavy atom. The molecule has 1 aliphatic heterocycles. The zero-order valence-corrected chi connectivity index (χ0v) is 20.6. The lowest BCUT2D eigenvalue weighted by atomic mass is 10.0. The van der Waals surface area contributed by atoms with Gasteiger partial charge in [0.05, 0.1) is 23.4 Å². The summed E-state index contributed by atoms with van der Waals surface area (Å²) in [6.45, 7) is 9.08. The monoisotopic (exact) mass is 465 g/mol. The lowest BCUT2D eigenvalue weighted by Crippen LogP contribution is -2.53. The van der Waals surface area contributed by atoms with Gasteiger partial charge in [0.1, 0.15) is 5.75 Å². The summed E-state index contributed by atoms with van der Waals surface area (Å²) in [5.41, 5.74) is 5.76. The lowest BCUT2D eigenvalue weighted by molar-refractivity contribution is 0.0728. The van der Waals surface area contributed by atoms with Crippen molar-refractivity contribution in [3.63, 3.8) is 0 Å². The molecule has 3 aromatic carbocycles. The summed E-state index contributed by atoms with van der Waals surface area (Å²) < 4.78 is 5.58. The number of ether oxygens (including phenoxy) is 1. The first-order valence-corrected chi connectivity index (χ1v) is 12.3. The van der Waals surface area contributed by atoms with E-state index in [-0.39, 0.29) is 11.9 Å². The summed E-state index contributed by atoms with van der Waals surface area (Å²) in [5, 5.41) is 0.890. The van der Waals surface area contributed by atoms with Gasteiger partial charge in [-0.05, 0) is 74.9 Å². The molecule has 1 aromatic heterocycles. The van der Waals surface area contributed by atoms with Crippen molar-refractivity contribution < 1.29 is 9.53 Å². The number of nitrogens with zero attached hydrogens (tertiary/aromatic N) is 3. The summed E-state index contributed by atoms with van der Waals surface area (Å²) in [6, 6.07) is 26.5. The van der Waals surface area contributed by atoms with Crippen LogP contribution < -0.4 is 9.64 Å². The molecule has 1 atom stereocenters. The Kier molecular flexibility index (Phi) is 6.41. The molecular formula is C30H31N3O2. The Balaban J connectivity index is 1.44. The van der Waals surface area contributed by atoms with Crippen LogP contribution in [0.2, 0.25) is 0 Å². The van der Waals surface area contributed by atoms with E-state index in [0.29, 0.717) is 25.3 Å². The summed E-state index contributed by atoms with van der Waals surface area (Å²) >= 11 is 0. The van der Waals surface area contributed by atoms with E-state index in [0.717, 1.165) is 34.5 Å². The molecule has 5 nitrogen and oxygen atoms in total. The van der Waals surface area contributed by atoms with E-state index < -0.39 is 0 Å². The number of pyridine rings is 1. The maximum absolute atomic E-state index is 13.8. The van der Waals surface area contributed by atoms with Gasteiger partial charge >= 0.3 is 0 Å². The average Bonchev–Trinajstić information content (AvgIpc) is 2.88. The predicted octanol–water partition coefficient (Wildman–Crippen LogP) is 5.96. The van der Waals surface area contributed by atoms with Crippen molar-refractivity contribution in [1.82, 2.24) is 9.88 Å². The molecule has 178 valence electrons. The fourth-order valence-electron chi connectivity index (χ4n) is 4.89. The number of carbonyl (C=O) groups excluding carboxylic acids is 1. The SMILES string of the molecule is CCOc1ccc(-c2cc(C(=O)N3CCN(c4cccc(C)c4)C(C)C3)c3ccccc3n2)cc1. The van der Waals surface area contributed by atoms with E-state index in [4.69, 9.17) is 9.72 Å². The van der Waals surface area contributed by atoms with Crippen LogP contribution in [0.15, 0.2) is 78.9 Å². The van der Waals surface area contributed by atoms with Crippen molar-refractivity contribution in [3.05, 3.63) is 90.0 Å². The van der Waals surface area contributed by atoms with E-state index in [1.807, 2.05) is 66.4 Å². The zero-order chi connectivity index (χ0) is 24.4. The number of hydrogen-bond acceptors (Lipinski definition) is 4. The van der Waals surface area contributed by atoms with Crippen molar-refractivity contribution >= 4 is 22.5 Å². The van der Waals surface area contributed by atoms with Crippen molar-refractivity contribution in [2.24, 2.45) is 0 Å². The second-order valence-corrected chi connectivity index (χ2v) is 9.16. The highest BCUT2D eigenvalue weighted by molar-refractivity contribution is 6.07. The molecule has 5 rings (SSSR count). The van der Waals surface area contributed by atoms with Crippen LogP contribution in [0.5, 0.6) is 5.75 Å². The van der Waals surface area contributed by atoms with Crippen molar-refractivity contribution in [2.45, 2.75) is 26.8 Å². The number of aromatic nitrogens is 1. The molecule has 1 saturated heterocycles. The van der Waals surface area contributed by atoms with Crippen LogP contribution in [0.3, 0.4) is 0 Å². The normalized spacial score (nSPS) is 15.9. The highest BCUT2D eigenvalue weighted by atomic mass is 16.5. The van der Waals surface area contributed by atoms with Gasteiger partial charge in [0.25, 0.3) is 5.91 Å². The number of anilines is 1. The Labute approximate surface area is 207 Å². The van der Waals surface area contributed by atoms with Crippen molar-refractivity contribution in [2.75, 3.05) is 31.1 Å². The van der Waals surface area contributed by atoms with Gasteiger partial charge in [-0.1, -0.05) is 30.3 Å². The van der Waals surface area contributed by atoms with Gasteiger partial charge in [0.15, 0.2) is 0 Å². The van der Waals surface area contributed by atoms with E-state index in [1.165, 1.54) is 11.3 Å². The third-order valence-electron chi connectivity index (χ3n) is 6.66. The first-order valence-electron chi connectivity index (χ1n) is 12.3. The van der Waals surface area contributed by atoms with Crippen LogP contribution in [0.4, 0.5) is 5.69 Å². The van der Waals surface area contributed by atoms with Crippen LogP contribution in [0.1, 0.15) is 29.8 Å². The average molecular weight is 466 g/mol. The molecule has 1 amide bonds. The molecule has 0 radical (unpaired) electrons. The number of fused-ring (bicyclic) bond motifs is 1. The van der Waals surface area contributed by atoms with Crippen LogP contribution in [-0.4, -0.2) is 48.1 Å². The smallest absolute Gasteiger partial charge is 0.254 e. The van der Waals surface area contributed by atoms with Gasteiger partial charge in [0, 0.05) is 42.3 Å². The highest BCUT2D eigenvalue weighted by Crippen LogP contribution is 2.29. The number of aryl methyl sites for hydroxylation is 1. The largest absolute Gasteiger partial charge is 0.494 e. The second kappa shape index (κ2) is 9.79. The topological polar surface area (TPSA) is 45.7 Å². The highest BCUT2D eigenvalue weighted by Gasteiger charge is 2.28. The zero-order valence-electron chi connectivity index (χ0n) is 20.6. The van der Waals surface area contributed by atoms with Crippen LogP contribution in [-0.2, 0) is 0 Å². The molecule has 1 unspecified atom stereocenters.